The smallest absolute Gasteiger partial charge is 0.223 e. The average molecular weight is 260 g/mol. The number of ketones is 1. The summed E-state index contributed by atoms with van der Waals surface area (Å²) in [7, 11) is 3.71. The van der Waals surface area contributed by atoms with Gasteiger partial charge >= 0.3 is 0 Å². The van der Waals surface area contributed by atoms with E-state index < -0.39 is 0 Å². The highest BCUT2D eigenvalue weighted by Gasteiger charge is 2.10. The van der Waals surface area contributed by atoms with Crippen molar-refractivity contribution in [3.8, 4) is 0 Å². The first-order valence-corrected chi connectivity index (χ1v) is 6.22. The van der Waals surface area contributed by atoms with Crippen LogP contribution in [0.25, 0.3) is 0 Å². The second-order valence-corrected chi connectivity index (χ2v) is 4.46. The van der Waals surface area contributed by atoms with Gasteiger partial charge in [-0.25, -0.2) is 0 Å². The predicted molar refractivity (Wildman–Crippen MR) is 77.3 cm³/mol. The monoisotopic (exact) mass is 260 g/mol. The number of rotatable bonds is 5. The minimum absolute atomic E-state index is 0.0315. The lowest BCUT2D eigenvalue weighted by atomic mass is 10.1. The number of nitrogens with zero attached hydrogens (tertiary/aromatic N) is 2. The van der Waals surface area contributed by atoms with Crippen LogP contribution < -0.4 is 4.90 Å². The topological polar surface area (TPSA) is 40.6 Å². The van der Waals surface area contributed by atoms with Crippen LogP contribution in [-0.2, 0) is 4.79 Å². The zero-order chi connectivity index (χ0) is 14.4. The molecule has 0 aliphatic heterocycles. The number of hydrogen-bond acceptors (Lipinski definition) is 3. The van der Waals surface area contributed by atoms with E-state index in [1.165, 1.54) is 13.0 Å². The van der Waals surface area contributed by atoms with Crippen molar-refractivity contribution >= 4 is 17.4 Å². The van der Waals surface area contributed by atoms with Gasteiger partial charge in [0, 0.05) is 51.1 Å². The summed E-state index contributed by atoms with van der Waals surface area (Å²) in [5.41, 5.74) is 1.33. The first-order chi connectivity index (χ1) is 8.95. The summed E-state index contributed by atoms with van der Waals surface area (Å²) in [5.74, 6) is -0.105. The van der Waals surface area contributed by atoms with Crippen LogP contribution in [0.4, 0.5) is 5.69 Å². The van der Waals surface area contributed by atoms with Gasteiger partial charge in [-0.05, 0) is 19.1 Å². The Morgan fingerprint density at radius 1 is 1.26 bits per heavy atom. The maximum absolute atomic E-state index is 12.0. The lowest BCUT2D eigenvalue weighted by molar-refractivity contribution is -0.116. The van der Waals surface area contributed by atoms with Crippen molar-refractivity contribution in [3.63, 3.8) is 0 Å². The van der Waals surface area contributed by atoms with Crippen molar-refractivity contribution < 1.29 is 9.59 Å². The van der Waals surface area contributed by atoms with Gasteiger partial charge in [-0.15, -0.1) is 0 Å². The maximum atomic E-state index is 12.0. The fourth-order valence-electron chi connectivity index (χ4n) is 1.73. The summed E-state index contributed by atoms with van der Waals surface area (Å²) in [6.45, 7) is 4.01. The number of allylic oxidation sites excluding steroid dienone is 1. The van der Waals surface area contributed by atoms with Crippen molar-refractivity contribution in [2.75, 3.05) is 25.5 Å². The van der Waals surface area contributed by atoms with Crippen molar-refractivity contribution in [3.05, 3.63) is 42.1 Å². The molecule has 102 valence electrons. The minimum atomic E-state index is -0.0739. The Labute approximate surface area is 114 Å². The van der Waals surface area contributed by atoms with E-state index in [1.54, 1.807) is 34.2 Å². The Hall–Kier alpha value is -2.10. The molecule has 0 aromatic heterocycles. The second kappa shape index (κ2) is 6.73. The van der Waals surface area contributed by atoms with E-state index in [1.807, 2.05) is 27.1 Å². The number of anilines is 1. The molecule has 1 aromatic carbocycles. The Balaban J connectivity index is 3.00. The lowest BCUT2D eigenvalue weighted by Crippen LogP contribution is -2.27. The normalized spacial score (nSPS) is 10.5. The van der Waals surface area contributed by atoms with E-state index in [2.05, 4.69) is 0 Å². The molecule has 0 fully saturated rings. The van der Waals surface area contributed by atoms with Crippen LogP contribution >= 0.6 is 0 Å². The highest BCUT2D eigenvalue weighted by atomic mass is 16.2. The van der Waals surface area contributed by atoms with Crippen LogP contribution in [0, 0.1) is 0 Å². The van der Waals surface area contributed by atoms with Crippen LogP contribution in [0.5, 0.6) is 0 Å². The lowest BCUT2D eigenvalue weighted by Gasteiger charge is -2.19. The van der Waals surface area contributed by atoms with Gasteiger partial charge in [-0.1, -0.05) is 12.1 Å². The fourth-order valence-corrected chi connectivity index (χ4v) is 1.73. The molecule has 0 aliphatic carbocycles. The molecular weight excluding hydrogens is 240 g/mol. The third kappa shape index (κ3) is 4.25. The molecule has 19 heavy (non-hydrogen) atoms. The van der Waals surface area contributed by atoms with Crippen LogP contribution in [0.1, 0.15) is 24.2 Å². The number of benzene rings is 1. The Morgan fingerprint density at radius 3 is 2.47 bits per heavy atom. The number of hydrogen-bond donors (Lipinski definition) is 0. The van der Waals surface area contributed by atoms with Gasteiger partial charge in [-0.3, -0.25) is 9.59 Å². The minimum Gasteiger partial charge on any atom is -0.383 e. The summed E-state index contributed by atoms with van der Waals surface area (Å²) in [5, 5.41) is 0. The highest BCUT2D eigenvalue weighted by Crippen LogP contribution is 2.17. The second-order valence-electron chi connectivity index (χ2n) is 4.46. The van der Waals surface area contributed by atoms with Crippen molar-refractivity contribution in [2.24, 2.45) is 0 Å². The molecule has 1 aromatic rings. The first kappa shape index (κ1) is 15.0. The van der Waals surface area contributed by atoms with Gasteiger partial charge in [0.2, 0.25) is 5.91 Å². The molecule has 0 radical (unpaired) electrons. The molecule has 0 saturated carbocycles. The molecule has 0 unspecified atom stereocenters. The quantitative estimate of drug-likeness (QED) is 0.602. The van der Waals surface area contributed by atoms with Crippen molar-refractivity contribution in [2.45, 2.75) is 13.8 Å². The molecule has 0 saturated heterocycles. The largest absolute Gasteiger partial charge is 0.383 e. The highest BCUT2D eigenvalue weighted by molar-refractivity contribution is 6.05. The van der Waals surface area contributed by atoms with Crippen LogP contribution in [0.15, 0.2) is 36.5 Å². The average Bonchev–Trinajstić information content (AvgIpc) is 2.36. The van der Waals surface area contributed by atoms with E-state index in [4.69, 9.17) is 0 Å². The standard InChI is InChI=1S/C15H20N2O2/c1-5-17(12(2)18)14-8-6-7-13(11-14)15(19)9-10-16(3)4/h6-11H,5H2,1-4H3/b10-9+. The van der Waals surface area contributed by atoms with Crippen LogP contribution in [0.3, 0.4) is 0 Å². The molecule has 0 atom stereocenters. The molecule has 0 bridgehead atoms. The third-order valence-corrected chi connectivity index (χ3v) is 2.66. The van der Waals surface area contributed by atoms with Crippen molar-refractivity contribution in [1.29, 1.82) is 0 Å². The molecule has 4 heteroatoms. The van der Waals surface area contributed by atoms with Gasteiger partial charge in [-0.2, -0.15) is 0 Å². The van der Waals surface area contributed by atoms with E-state index in [-0.39, 0.29) is 11.7 Å². The molecular formula is C15H20N2O2. The van der Waals surface area contributed by atoms with Gasteiger partial charge in [0.05, 0.1) is 0 Å². The van der Waals surface area contributed by atoms with E-state index in [0.29, 0.717) is 12.1 Å². The Bertz CT molecular complexity index is 493. The molecule has 0 spiro atoms. The molecule has 1 rings (SSSR count). The molecule has 1 amide bonds. The Kier molecular flexibility index (Phi) is 5.30. The summed E-state index contributed by atoms with van der Waals surface area (Å²) in [4.78, 5) is 26.9. The van der Waals surface area contributed by atoms with Crippen LogP contribution in [0.2, 0.25) is 0 Å². The van der Waals surface area contributed by atoms with Gasteiger partial charge in [0.1, 0.15) is 0 Å². The first-order valence-electron chi connectivity index (χ1n) is 6.22. The summed E-state index contributed by atoms with van der Waals surface area (Å²) >= 11 is 0. The number of carbonyl (C=O) groups excluding carboxylic acids is 2. The zero-order valence-corrected chi connectivity index (χ0v) is 11.9. The number of amides is 1. The summed E-state index contributed by atoms with van der Waals surface area (Å²) < 4.78 is 0. The fraction of sp³-hybridized carbons (Fsp3) is 0.333. The number of carbonyl (C=O) groups is 2. The molecule has 4 nitrogen and oxygen atoms in total. The third-order valence-electron chi connectivity index (χ3n) is 2.66. The van der Waals surface area contributed by atoms with E-state index in [0.717, 1.165) is 5.69 Å². The van der Waals surface area contributed by atoms with Crippen molar-refractivity contribution in [1.82, 2.24) is 4.90 Å². The van der Waals surface area contributed by atoms with E-state index >= 15 is 0 Å². The van der Waals surface area contributed by atoms with E-state index in [9.17, 15) is 9.59 Å². The maximum Gasteiger partial charge on any atom is 0.223 e. The molecule has 0 aliphatic rings. The zero-order valence-electron chi connectivity index (χ0n) is 11.9. The summed E-state index contributed by atoms with van der Waals surface area (Å²) in [6, 6.07) is 7.11. The SMILES string of the molecule is CCN(C(C)=O)c1cccc(C(=O)/C=C/N(C)C)c1. The van der Waals surface area contributed by atoms with Gasteiger partial charge in [0.25, 0.3) is 0 Å². The summed E-state index contributed by atoms with van der Waals surface area (Å²) in [6.07, 6.45) is 3.22. The van der Waals surface area contributed by atoms with Gasteiger partial charge in [0.15, 0.2) is 5.78 Å². The Morgan fingerprint density at radius 2 is 1.95 bits per heavy atom. The molecule has 0 N–H and O–H groups in total. The van der Waals surface area contributed by atoms with Gasteiger partial charge < -0.3 is 9.80 Å². The predicted octanol–water partition coefficient (Wildman–Crippen LogP) is 2.32. The molecule has 0 heterocycles. The van der Waals surface area contributed by atoms with Crippen LogP contribution in [-0.4, -0.2) is 37.2 Å².